The second kappa shape index (κ2) is 9.44. The van der Waals surface area contributed by atoms with E-state index in [1.54, 1.807) is 6.92 Å². The van der Waals surface area contributed by atoms with E-state index >= 15 is 0 Å². The normalized spacial score (nSPS) is 10.3. The Labute approximate surface area is 146 Å². The standard InChI is InChI=1S/C14H17NO5.Na.H/c1-9(6-14(18)19-3)15-8-11-7-12(17)4-5-13(11)20-10(2)16;;/h4-7,15,17H,8H2,1-3H3;;/q;+1;-1. The Bertz CT molecular complexity index is 548. The first-order valence-electron chi connectivity index (χ1n) is 5.92. The number of benzene rings is 1. The number of rotatable bonds is 5. The molecule has 7 heteroatoms. The number of hydrogen-bond acceptors (Lipinski definition) is 6. The topological polar surface area (TPSA) is 84.9 Å². The number of allylic oxidation sites excluding steroid dienone is 1. The molecule has 0 heterocycles. The molecule has 0 bridgehead atoms. The van der Waals surface area contributed by atoms with E-state index in [0.29, 0.717) is 17.0 Å². The van der Waals surface area contributed by atoms with Crippen molar-refractivity contribution in [2.24, 2.45) is 0 Å². The summed E-state index contributed by atoms with van der Waals surface area (Å²) in [6.07, 6.45) is 1.30. The minimum atomic E-state index is -0.467. The van der Waals surface area contributed by atoms with Crippen molar-refractivity contribution in [1.29, 1.82) is 0 Å². The molecular formula is C14H18NNaO5. The molecule has 0 spiro atoms. The van der Waals surface area contributed by atoms with Gasteiger partial charge in [0.2, 0.25) is 0 Å². The van der Waals surface area contributed by atoms with Gasteiger partial charge in [0.05, 0.1) is 7.11 Å². The number of carbonyl (C=O) groups excluding carboxylic acids is 2. The fourth-order valence-electron chi connectivity index (χ4n) is 1.48. The Morgan fingerprint density at radius 1 is 1.38 bits per heavy atom. The average Bonchev–Trinajstić information content (AvgIpc) is 2.38. The van der Waals surface area contributed by atoms with Crippen LogP contribution in [0.1, 0.15) is 20.8 Å². The van der Waals surface area contributed by atoms with E-state index < -0.39 is 11.9 Å². The molecule has 0 aliphatic heterocycles. The van der Waals surface area contributed by atoms with Crippen molar-refractivity contribution in [3.8, 4) is 11.5 Å². The van der Waals surface area contributed by atoms with Crippen LogP contribution in [0.2, 0.25) is 0 Å². The first-order chi connectivity index (χ1) is 9.42. The summed E-state index contributed by atoms with van der Waals surface area (Å²) < 4.78 is 9.54. The minimum absolute atomic E-state index is 0. The van der Waals surface area contributed by atoms with E-state index in [-0.39, 0.29) is 43.3 Å². The molecule has 2 N–H and O–H groups in total. The van der Waals surface area contributed by atoms with Gasteiger partial charge in [-0.3, -0.25) is 4.79 Å². The van der Waals surface area contributed by atoms with Gasteiger partial charge in [-0.15, -0.1) is 0 Å². The summed E-state index contributed by atoms with van der Waals surface area (Å²) >= 11 is 0. The zero-order valence-corrected chi connectivity index (χ0v) is 14.6. The quantitative estimate of drug-likeness (QED) is 0.301. The molecule has 1 aromatic rings. The maximum atomic E-state index is 11.1. The van der Waals surface area contributed by atoms with Crippen LogP contribution in [-0.4, -0.2) is 24.2 Å². The van der Waals surface area contributed by atoms with Crippen molar-refractivity contribution in [2.45, 2.75) is 20.4 Å². The number of nitrogens with one attached hydrogen (secondary N) is 1. The monoisotopic (exact) mass is 303 g/mol. The fourth-order valence-corrected chi connectivity index (χ4v) is 1.48. The molecule has 110 valence electrons. The van der Waals surface area contributed by atoms with Gasteiger partial charge in [-0.25, -0.2) is 4.79 Å². The second-order valence-corrected chi connectivity index (χ2v) is 4.09. The summed E-state index contributed by atoms with van der Waals surface area (Å²) in [6.45, 7) is 3.29. The minimum Gasteiger partial charge on any atom is -1.00 e. The van der Waals surface area contributed by atoms with E-state index in [9.17, 15) is 14.7 Å². The van der Waals surface area contributed by atoms with Gasteiger partial charge in [0.1, 0.15) is 11.5 Å². The molecule has 0 saturated carbocycles. The van der Waals surface area contributed by atoms with E-state index in [1.807, 2.05) is 0 Å². The summed E-state index contributed by atoms with van der Waals surface area (Å²) in [5.74, 6) is -0.495. The van der Waals surface area contributed by atoms with E-state index in [4.69, 9.17) is 4.74 Å². The van der Waals surface area contributed by atoms with Crippen LogP contribution in [0.25, 0.3) is 0 Å². The number of hydrogen-bond donors (Lipinski definition) is 2. The molecule has 0 atom stereocenters. The van der Waals surface area contributed by atoms with Gasteiger partial charge in [-0.2, -0.15) is 0 Å². The van der Waals surface area contributed by atoms with Gasteiger partial charge < -0.3 is 21.3 Å². The van der Waals surface area contributed by atoms with Crippen molar-refractivity contribution < 1.29 is 55.2 Å². The third kappa shape index (κ3) is 7.17. The molecule has 0 aliphatic carbocycles. The predicted molar refractivity (Wildman–Crippen MR) is 73.1 cm³/mol. The van der Waals surface area contributed by atoms with Crippen molar-refractivity contribution in [2.75, 3.05) is 7.11 Å². The van der Waals surface area contributed by atoms with Gasteiger partial charge in [-0.05, 0) is 25.1 Å². The second-order valence-electron chi connectivity index (χ2n) is 4.09. The molecule has 21 heavy (non-hydrogen) atoms. The Morgan fingerprint density at radius 2 is 2.05 bits per heavy atom. The molecule has 0 unspecified atom stereocenters. The smallest absolute Gasteiger partial charge is 1.00 e. The van der Waals surface area contributed by atoms with Gasteiger partial charge in [-0.1, -0.05) is 0 Å². The van der Waals surface area contributed by atoms with Gasteiger partial charge >= 0.3 is 41.5 Å². The number of methoxy groups -OCH3 is 1. The SMILES string of the molecule is COC(=O)C=C(C)NCc1cc(O)ccc1OC(C)=O.[H-].[Na+]. The Morgan fingerprint density at radius 3 is 2.62 bits per heavy atom. The molecule has 0 aromatic heterocycles. The molecular weight excluding hydrogens is 285 g/mol. The fraction of sp³-hybridized carbons (Fsp3) is 0.286. The Kier molecular flexibility index (Phi) is 8.76. The molecule has 1 rings (SSSR count). The third-order valence-corrected chi connectivity index (χ3v) is 2.39. The number of aromatic hydroxyl groups is 1. The molecule has 0 radical (unpaired) electrons. The third-order valence-electron chi connectivity index (χ3n) is 2.39. The summed E-state index contributed by atoms with van der Waals surface area (Å²) in [4.78, 5) is 22.0. The zero-order chi connectivity index (χ0) is 15.1. The molecule has 0 aliphatic rings. The van der Waals surface area contributed by atoms with Crippen molar-refractivity contribution in [3.63, 3.8) is 0 Å². The molecule has 0 fully saturated rings. The summed E-state index contributed by atoms with van der Waals surface area (Å²) in [5.41, 5.74) is 1.19. The first kappa shape index (κ1) is 19.5. The van der Waals surface area contributed by atoms with Crippen molar-refractivity contribution >= 4 is 11.9 Å². The van der Waals surface area contributed by atoms with Crippen LogP contribution < -0.4 is 39.6 Å². The van der Waals surface area contributed by atoms with Crippen molar-refractivity contribution in [3.05, 3.63) is 35.5 Å². The van der Waals surface area contributed by atoms with Gasteiger partial charge in [0.15, 0.2) is 0 Å². The number of ether oxygens (including phenoxy) is 2. The predicted octanol–water partition coefficient (Wildman–Crippen LogP) is -1.40. The Balaban J connectivity index is 0. The van der Waals surface area contributed by atoms with E-state index in [0.717, 1.165) is 0 Å². The van der Waals surface area contributed by atoms with Crippen LogP contribution >= 0.6 is 0 Å². The van der Waals surface area contributed by atoms with Crippen molar-refractivity contribution in [1.82, 2.24) is 5.32 Å². The summed E-state index contributed by atoms with van der Waals surface area (Å²) in [7, 11) is 1.29. The molecule has 0 amide bonds. The number of phenolic OH excluding ortho intramolecular Hbond substituents is 1. The molecule has 0 saturated heterocycles. The van der Waals surface area contributed by atoms with Gasteiger partial charge in [0.25, 0.3) is 0 Å². The molecule has 1 aromatic carbocycles. The zero-order valence-electron chi connectivity index (χ0n) is 13.6. The van der Waals surface area contributed by atoms with Gasteiger partial charge in [0, 0.05) is 30.8 Å². The Hall–Kier alpha value is -1.50. The van der Waals surface area contributed by atoms with E-state index in [1.165, 1.54) is 38.3 Å². The first-order valence-corrected chi connectivity index (χ1v) is 5.92. The molecule has 6 nitrogen and oxygen atoms in total. The van der Waals surface area contributed by atoms with Crippen LogP contribution in [-0.2, 0) is 20.9 Å². The summed E-state index contributed by atoms with van der Waals surface area (Å²) in [5, 5.41) is 12.4. The summed E-state index contributed by atoms with van der Waals surface area (Å²) in [6, 6.07) is 4.42. The van der Waals surface area contributed by atoms with Crippen LogP contribution in [0.15, 0.2) is 30.0 Å². The number of phenols is 1. The number of esters is 2. The van der Waals surface area contributed by atoms with Crippen LogP contribution in [0.4, 0.5) is 0 Å². The maximum absolute atomic E-state index is 11.1. The van der Waals surface area contributed by atoms with E-state index in [2.05, 4.69) is 10.1 Å². The maximum Gasteiger partial charge on any atom is 1.00 e. The largest absolute Gasteiger partial charge is 1.00 e. The number of carbonyl (C=O) groups is 2. The average molecular weight is 303 g/mol. The van der Waals surface area contributed by atoms with Crippen LogP contribution in [0, 0.1) is 0 Å². The van der Waals surface area contributed by atoms with Crippen LogP contribution in [0.5, 0.6) is 11.5 Å². The van der Waals surface area contributed by atoms with Crippen LogP contribution in [0.3, 0.4) is 0 Å².